The molecule has 0 unspecified atom stereocenters. The van der Waals surface area contributed by atoms with E-state index in [1.807, 2.05) is 13.8 Å². The van der Waals surface area contributed by atoms with E-state index in [-0.39, 0.29) is 52.7 Å². The maximum absolute atomic E-state index is 12.9. The average Bonchev–Trinajstić information content (AvgIpc) is 2.69. The number of carbonyl (C=O) groups excluding carboxylic acids is 2. The van der Waals surface area contributed by atoms with Crippen LogP contribution < -0.4 is 10.5 Å². The van der Waals surface area contributed by atoms with Gasteiger partial charge in [0.15, 0.2) is 11.6 Å². The third kappa shape index (κ3) is 2.96. The zero-order valence-corrected chi connectivity index (χ0v) is 15.4. The molecule has 1 aliphatic carbocycles. The predicted molar refractivity (Wildman–Crippen MR) is 101 cm³/mol. The molecule has 27 heavy (non-hydrogen) atoms. The number of phenolic OH excluding ortho intramolecular Hbond substituents is 1. The molecule has 2 aromatic carbocycles. The number of aliphatic hydroxyl groups is 1. The van der Waals surface area contributed by atoms with Crippen LogP contribution in [0.2, 0.25) is 0 Å². The van der Waals surface area contributed by atoms with Crippen LogP contribution in [0.1, 0.15) is 58.5 Å². The number of ketones is 2. The second-order valence-corrected chi connectivity index (χ2v) is 6.92. The Labute approximate surface area is 157 Å². The van der Waals surface area contributed by atoms with Crippen molar-refractivity contribution in [1.29, 1.82) is 0 Å². The molecular weight excluding hydrogens is 346 g/mol. The summed E-state index contributed by atoms with van der Waals surface area (Å²) >= 11 is 0. The van der Waals surface area contributed by atoms with E-state index in [9.17, 15) is 19.8 Å². The highest BCUT2D eigenvalue weighted by Gasteiger charge is 2.35. The van der Waals surface area contributed by atoms with Gasteiger partial charge in [0.25, 0.3) is 0 Å². The Kier molecular flexibility index (Phi) is 4.93. The number of hydrogen-bond acceptors (Lipinski definition) is 6. The molecule has 3 rings (SSSR count). The molecule has 0 aromatic heterocycles. The molecule has 1 aliphatic rings. The Morgan fingerprint density at radius 1 is 1.04 bits per heavy atom. The fourth-order valence-electron chi connectivity index (χ4n) is 3.35. The number of carbonyl (C=O) groups is 2. The summed E-state index contributed by atoms with van der Waals surface area (Å²) in [6, 6.07) is 7.71. The van der Waals surface area contributed by atoms with E-state index in [0.717, 1.165) is 0 Å². The maximum Gasteiger partial charge on any atom is 0.198 e. The van der Waals surface area contributed by atoms with Gasteiger partial charge >= 0.3 is 0 Å². The molecule has 0 amide bonds. The lowest BCUT2D eigenvalue weighted by molar-refractivity contribution is 0.0590. The zero-order chi connectivity index (χ0) is 19.8. The summed E-state index contributed by atoms with van der Waals surface area (Å²) in [7, 11) is 0. The highest BCUT2D eigenvalue weighted by Crippen LogP contribution is 2.41. The Morgan fingerprint density at radius 3 is 2.11 bits per heavy atom. The monoisotopic (exact) mass is 369 g/mol. The summed E-state index contributed by atoms with van der Waals surface area (Å²) in [6.45, 7) is 4.03. The quantitative estimate of drug-likeness (QED) is 0.455. The van der Waals surface area contributed by atoms with E-state index in [2.05, 4.69) is 0 Å². The Morgan fingerprint density at radius 2 is 1.59 bits per heavy atom. The lowest BCUT2D eigenvalue weighted by Crippen LogP contribution is -2.31. The topological polar surface area (TPSA) is 110 Å². The molecule has 0 fully saturated rings. The summed E-state index contributed by atoms with van der Waals surface area (Å²) in [5.74, 6) is -1.07. The molecule has 6 nitrogen and oxygen atoms in total. The lowest BCUT2D eigenvalue weighted by atomic mass is 9.82. The van der Waals surface area contributed by atoms with Crippen LogP contribution in [0.15, 0.2) is 30.3 Å². The van der Waals surface area contributed by atoms with Crippen molar-refractivity contribution >= 4 is 17.3 Å². The fraction of sp³-hybridized carbons (Fsp3) is 0.333. The highest BCUT2D eigenvalue weighted by atomic mass is 16.5. The van der Waals surface area contributed by atoms with Crippen LogP contribution in [-0.2, 0) is 0 Å². The number of rotatable bonds is 6. The number of hydrogen-bond donors (Lipinski definition) is 3. The summed E-state index contributed by atoms with van der Waals surface area (Å²) in [5, 5.41) is 20.1. The van der Waals surface area contributed by atoms with Crippen molar-refractivity contribution in [1.82, 2.24) is 0 Å². The van der Waals surface area contributed by atoms with Crippen LogP contribution in [0, 0.1) is 5.41 Å². The largest absolute Gasteiger partial charge is 0.507 e. The van der Waals surface area contributed by atoms with Gasteiger partial charge in [-0.05, 0) is 12.8 Å². The van der Waals surface area contributed by atoms with Crippen LogP contribution >= 0.6 is 0 Å². The van der Waals surface area contributed by atoms with Gasteiger partial charge in [-0.2, -0.15) is 0 Å². The maximum atomic E-state index is 12.9. The van der Waals surface area contributed by atoms with Gasteiger partial charge in [-0.3, -0.25) is 9.59 Å². The molecule has 0 heterocycles. The SMILES string of the molecule is CCC(CC)(CO)COc1cc(O)c2c(c1N)C(=O)c1ccccc1C2=O. The van der Waals surface area contributed by atoms with Gasteiger partial charge in [0.05, 0.1) is 30.0 Å². The third-order valence-corrected chi connectivity index (χ3v) is 5.55. The molecule has 0 saturated carbocycles. The number of aromatic hydroxyl groups is 1. The number of nitrogen functional groups attached to an aromatic ring is 1. The van der Waals surface area contributed by atoms with Gasteiger partial charge in [-0.25, -0.2) is 0 Å². The van der Waals surface area contributed by atoms with E-state index in [1.165, 1.54) is 6.07 Å². The first-order valence-corrected chi connectivity index (χ1v) is 8.96. The molecule has 0 bridgehead atoms. The number of ether oxygens (including phenoxy) is 1. The molecule has 4 N–H and O–H groups in total. The normalized spacial score (nSPS) is 13.3. The minimum absolute atomic E-state index is 0.0229. The fourth-order valence-corrected chi connectivity index (χ4v) is 3.35. The van der Waals surface area contributed by atoms with Crippen LogP contribution in [0.3, 0.4) is 0 Å². The summed E-state index contributed by atoms with van der Waals surface area (Å²) in [5.41, 5.74) is 6.12. The van der Waals surface area contributed by atoms with Crippen molar-refractivity contribution in [3.63, 3.8) is 0 Å². The highest BCUT2D eigenvalue weighted by molar-refractivity contribution is 6.31. The number of fused-ring (bicyclic) bond motifs is 2. The van der Waals surface area contributed by atoms with E-state index >= 15 is 0 Å². The van der Waals surface area contributed by atoms with Gasteiger partial charge in [0, 0.05) is 22.6 Å². The summed E-state index contributed by atoms with van der Waals surface area (Å²) < 4.78 is 5.78. The van der Waals surface area contributed by atoms with Crippen molar-refractivity contribution in [3.05, 3.63) is 52.6 Å². The summed E-state index contributed by atoms with van der Waals surface area (Å²) in [4.78, 5) is 25.7. The first kappa shape index (κ1) is 18.9. The van der Waals surface area contributed by atoms with Crippen LogP contribution in [0.25, 0.3) is 0 Å². The second kappa shape index (κ2) is 7.04. The molecule has 0 saturated heterocycles. The molecular formula is C21H23NO5. The van der Waals surface area contributed by atoms with Crippen LogP contribution in [0.4, 0.5) is 5.69 Å². The molecule has 0 radical (unpaired) electrons. The van der Waals surface area contributed by atoms with Crippen LogP contribution in [-0.4, -0.2) is 35.0 Å². The van der Waals surface area contributed by atoms with Gasteiger partial charge in [-0.15, -0.1) is 0 Å². The van der Waals surface area contributed by atoms with E-state index < -0.39 is 17.0 Å². The van der Waals surface area contributed by atoms with Gasteiger partial charge in [0.2, 0.25) is 0 Å². The minimum Gasteiger partial charge on any atom is -0.507 e. The minimum atomic E-state index is -0.442. The second-order valence-electron chi connectivity index (χ2n) is 6.92. The molecule has 0 spiro atoms. The number of nitrogens with two attached hydrogens (primary N) is 1. The summed E-state index contributed by atoms with van der Waals surface area (Å²) in [6.07, 6.45) is 1.39. The number of benzene rings is 2. The smallest absolute Gasteiger partial charge is 0.198 e. The predicted octanol–water partition coefficient (Wildman–Crippen LogP) is 2.93. The third-order valence-electron chi connectivity index (χ3n) is 5.55. The number of aliphatic hydroxyl groups excluding tert-OH is 1. The van der Waals surface area contributed by atoms with Crippen molar-refractivity contribution < 1.29 is 24.5 Å². The van der Waals surface area contributed by atoms with Crippen molar-refractivity contribution in [2.24, 2.45) is 5.41 Å². The molecule has 2 aromatic rings. The molecule has 0 aliphatic heterocycles. The van der Waals surface area contributed by atoms with Gasteiger partial charge in [-0.1, -0.05) is 38.1 Å². The molecule has 142 valence electrons. The van der Waals surface area contributed by atoms with Crippen LogP contribution in [0.5, 0.6) is 11.5 Å². The Balaban J connectivity index is 2.06. The molecule has 0 atom stereocenters. The Bertz CT molecular complexity index is 907. The first-order valence-electron chi connectivity index (χ1n) is 8.96. The van der Waals surface area contributed by atoms with E-state index in [1.54, 1.807) is 24.3 Å². The zero-order valence-electron chi connectivity index (χ0n) is 15.4. The number of anilines is 1. The van der Waals surface area contributed by atoms with Crippen molar-refractivity contribution in [2.45, 2.75) is 26.7 Å². The standard InChI is InChI=1S/C21H23NO5/c1-3-21(4-2,10-23)11-27-15-9-14(24)16-17(18(15)22)20(26)13-8-6-5-7-12(13)19(16)25/h5-9,23-24H,3-4,10-11,22H2,1-2H3. The lowest BCUT2D eigenvalue weighted by Gasteiger charge is -2.30. The molecule has 6 heteroatoms. The van der Waals surface area contributed by atoms with Crippen molar-refractivity contribution in [3.8, 4) is 11.5 Å². The van der Waals surface area contributed by atoms with Crippen molar-refractivity contribution in [2.75, 3.05) is 18.9 Å². The van der Waals surface area contributed by atoms with E-state index in [4.69, 9.17) is 10.5 Å². The first-order chi connectivity index (χ1) is 12.9. The average molecular weight is 369 g/mol. The number of phenols is 1. The Hall–Kier alpha value is -2.86. The van der Waals surface area contributed by atoms with Gasteiger partial charge < -0.3 is 20.7 Å². The van der Waals surface area contributed by atoms with Gasteiger partial charge in [0.1, 0.15) is 11.5 Å². The van der Waals surface area contributed by atoms with E-state index in [0.29, 0.717) is 12.8 Å².